The van der Waals surface area contributed by atoms with Crippen LogP contribution in [0.2, 0.25) is 0 Å². The van der Waals surface area contributed by atoms with Crippen molar-refractivity contribution in [1.29, 1.82) is 0 Å². The molecule has 7 heteroatoms. The van der Waals surface area contributed by atoms with Crippen molar-refractivity contribution in [2.45, 2.75) is 38.3 Å². The van der Waals surface area contributed by atoms with Crippen LogP contribution in [0.4, 0.5) is 0 Å². The predicted octanol–water partition coefficient (Wildman–Crippen LogP) is 2.11. The number of nitrogens with zero attached hydrogens (tertiary/aromatic N) is 4. The first-order valence-corrected chi connectivity index (χ1v) is 10.8. The zero-order chi connectivity index (χ0) is 20.8. The van der Waals surface area contributed by atoms with Crippen LogP contribution in [-0.2, 0) is 11.3 Å². The smallest absolute Gasteiger partial charge is 0.253 e. The molecule has 7 nitrogen and oxygen atoms in total. The van der Waals surface area contributed by atoms with Gasteiger partial charge in [0.1, 0.15) is 0 Å². The summed E-state index contributed by atoms with van der Waals surface area (Å²) in [5, 5.41) is 3.05. The van der Waals surface area contributed by atoms with Gasteiger partial charge in [0.15, 0.2) is 0 Å². The van der Waals surface area contributed by atoms with Crippen molar-refractivity contribution in [2.75, 3.05) is 26.2 Å². The number of carbonyl (C=O) groups excluding carboxylic acids is 2. The molecule has 2 aliphatic rings. The summed E-state index contributed by atoms with van der Waals surface area (Å²) in [7, 11) is 0. The Kier molecular flexibility index (Phi) is 6.69. The molecule has 2 aliphatic heterocycles. The molecule has 1 atom stereocenters. The molecule has 0 saturated carbocycles. The van der Waals surface area contributed by atoms with Gasteiger partial charge in [0.2, 0.25) is 5.91 Å². The van der Waals surface area contributed by atoms with Crippen LogP contribution >= 0.6 is 0 Å². The Hall–Kier alpha value is -2.80. The minimum absolute atomic E-state index is 0.0268. The van der Waals surface area contributed by atoms with Crippen molar-refractivity contribution in [3.63, 3.8) is 0 Å². The molecular weight excluding hydrogens is 378 g/mol. The number of hydrogen-bond donors (Lipinski definition) is 1. The summed E-state index contributed by atoms with van der Waals surface area (Å²) < 4.78 is 0. The number of nitrogens with one attached hydrogen (secondary N) is 1. The first-order chi connectivity index (χ1) is 14.7. The largest absolute Gasteiger partial charge is 0.350 e. The first kappa shape index (κ1) is 20.5. The number of amides is 2. The molecule has 158 valence electrons. The van der Waals surface area contributed by atoms with Gasteiger partial charge in [0, 0.05) is 49.8 Å². The summed E-state index contributed by atoms with van der Waals surface area (Å²) in [5.74, 6) is 0.232. The zero-order valence-electron chi connectivity index (χ0n) is 17.2. The second-order valence-electron chi connectivity index (χ2n) is 8.13. The average molecular weight is 408 g/mol. The fourth-order valence-electron chi connectivity index (χ4n) is 4.49. The van der Waals surface area contributed by atoms with Crippen molar-refractivity contribution in [3.05, 3.63) is 60.2 Å². The number of hydrogen-bond acceptors (Lipinski definition) is 5. The molecule has 2 fully saturated rings. The van der Waals surface area contributed by atoms with Crippen LogP contribution < -0.4 is 5.32 Å². The van der Waals surface area contributed by atoms with Gasteiger partial charge in [-0.3, -0.25) is 24.5 Å². The van der Waals surface area contributed by atoms with Crippen LogP contribution in [0.1, 0.15) is 41.7 Å². The lowest BCUT2D eigenvalue weighted by Gasteiger charge is -2.42. The summed E-state index contributed by atoms with van der Waals surface area (Å²) >= 11 is 0. The topological polar surface area (TPSA) is 78.4 Å². The predicted molar refractivity (Wildman–Crippen MR) is 114 cm³/mol. The van der Waals surface area contributed by atoms with E-state index in [0.29, 0.717) is 18.2 Å². The van der Waals surface area contributed by atoms with Crippen molar-refractivity contribution >= 4 is 11.8 Å². The van der Waals surface area contributed by atoms with Crippen molar-refractivity contribution < 1.29 is 9.59 Å². The monoisotopic (exact) mass is 407 g/mol. The Bertz CT molecular complexity index is 837. The van der Waals surface area contributed by atoms with E-state index in [1.165, 1.54) is 0 Å². The van der Waals surface area contributed by atoms with Crippen LogP contribution in [0.25, 0.3) is 0 Å². The minimum Gasteiger partial charge on any atom is -0.350 e. The average Bonchev–Trinajstić information content (AvgIpc) is 2.83. The van der Waals surface area contributed by atoms with Gasteiger partial charge in [0.05, 0.1) is 18.2 Å². The highest BCUT2D eigenvalue weighted by atomic mass is 16.2. The second kappa shape index (κ2) is 9.80. The van der Waals surface area contributed by atoms with Gasteiger partial charge in [-0.25, -0.2) is 0 Å². The zero-order valence-corrected chi connectivity index (χ0v) is 17.2. The molecule has 4 heterocycles. The summed E-state index contributed by atoms with van der Waals surface area (Å²) in [4.78, 5) is 38.0. The Balaban J connectivity index is 1.26. The number of rotatable bonds is 5. The molecule has 0 spiro atoms. The molecular formula is C23H29N5O2. The lowest BCUT2D eigenvalue weighted by atomic mass is 9.93. The minimum atomic E-state index is 0.0268. The van der Waals surface area contributed by atoms with Crippen LogP contribution in [0, 0.1) is 5.92 Å². The van der Waals surface area contributed by atoms with Gasteiger partial charge >= 0.3 is 0 Å². The molecule has 0 radical (unpaired) electrons. The second-order valence-corrected chi connectivity index (χ2v) is 8.13. The molecule has 1 N–H and O–H groups in total. The summed E-state index contributed by atoms with van der Waals surface area (Å²) in [5.41, 5.74) is 1.58. The Morgan fingerprint density at radius 1 is 1.00 bits per heavy atom. The molecule has 2 saturated heterocycles. The maximum Gasteiger partial charge on any atom is 0.253 e. The van der Waals surface area contributed by atoms with E-state index in [-0.39, 0.29) is 17.7 Å². The van der Waals surface area contributed by atoms with E-state index >= 15 is 0 Å². The highest BCUT2D eigenvalue weighted by Crippen LogP contribution is 2.24. The van der Waals surface area contributed by atoms with E-state index in [9.17, 15) is 9.59 Å². The molecule has 1 unspecified atom stereocenters. The molecule has 0 aliphatic carbocycles. The van der Waals surface area contributed by atoms with E-state index in [2.05, 4.69) is 20.2 Å². The third kappa shape index (κ3) is 5.02. The van der Waals surface area contributed by atoms with E-state index in [1.807, 2.05) is 23.1 Å². The highest BCUT2D eigenvalue weighted by molar-refractivity contribution is 5.94. The molecule has 4 rings (SSSR count). The normalized spacial score (nSPS) is 20.7. The first-order valence-electron chi connectivity index (χ1n) is 10.8. The Morgan fingerprint density at radius 3 is 2.53 bits per heavy atom. The Morgan fingerprint density at radius 2 is 1.80 bits per heavy atom. The summed E-state index contributed by atoms with van der Waals surface area (Å²) in [6.07, 6.45) is 8.95. The van der Waals surface area contributed by atoms with E-state index in [1.54, 1.807) is 30.7 Å². The van der Waals surface area contributed by atoms with Crippen LogP contribution in [0.5, 0.6) is 0 Å². The quantitative estimate of drug-likeness (QED) is 0.821. The lowest BCUT2D eigenvalue weighted by Crippen LogP contribution is -2.51. The SMILES string of the molecule is O=C(NCc1ccccn1)C1CCCN(C2CCN(C(=O)c3ccncc3)CC2)C1. The lowest BCUT2D eigenvalue weighted by molar-refractivity contribution is -0.127. The summed E-state index contributed by atoms with van der Waals surface area (Å²) in [6.45, 7) is 3.84. The third-order valence-corrected chi connectivity index (χ3v) is 6.19. The number of carbonyl (C=O) groups is 2. The molecule has 0 aromatic carbocycles. The maximum atomic E-state index is 12.7. The standard InChI is InChI=1S/C23H29N5O2/c29-22(26-16-20-5-1-2-10-25-20)19-4-3-13-28(17-19)21-8-14-27(15-9-21)23(30)18-6-11-24-12-7-18/h1-2,5-7,10-12,19,21H,3-4,8-9,13-17H2,(H,26,29). The van der Waals surface area contributed by atoms with E-state index in [4.69, 9.17) is 0 Å². The molecule has 2 aromatic heterocycles. The van der Waals surface area contributed by atoms with Crippen LogP contribution in [-0.4, -0.2) is 63.8 Å². The van der Waals surface area contributed by atoms with Gasteiger partial charge in [-0.05, 0) is 56.5 Å². The van der Waals surface area contributed by atoms with Crippen molar-refractivity contribution in [3.8, 4) is 0 Å². The number of aromatic nitrogens is 2. The van der Waals surface area contributed by atoms with E-state index in [0.717, 1.165) is 57.6 Å². The fourth-order valence-corrected chi connectivity index (χ4v) is 4.49. The van der Waals surface area contributed by atoms with Gasteiger partial charge in [0.25, 0.3) is 5.91 Å². The van der Waals surface area contributed by atoms with Gasteiger partial charge in [-0.15, -0.1) is 0 Å². The molecule has 30 heavy (non-hydrogen) atoms. The van der Waals surface area contributed by atoms with Crippen molar-refractivity contribution in [2.24, 2.45) is 5.92 Å². The van der Waals surface area contributed by atoms with Crippen molar-refractivity contribution in [1.82, 2.24) is 25.1 Å². The highest BCUT2D eigenvalue weighted by Gasteiger charge is 2.32. The number of piperidine rings is 2. The Labute approximate surface area is 177 Å². The van der Waals surface area contributed by atoms with Gasteiger partial charge in [-0.2, -0.15) is 0 Å². The van der Waals surface area contributed by atoms with Gasteiger partial charge in [-0.1, -0.05) is 6.07 Å². The van der Waals surface area contributed by atoms with E-state index < -0.39 is 0 Å². The van der Waals surface area contributed by atoms with Crippen LogP contribution in [0.3, 0.4) is 0 Å². The fraction of sp³-hybridized carbons (Fsp3) is 0.478. The van der Waals surface area contributed by atoms with Gasteiger partial charge < -0.3 is 10.2 Å². The summed E-state index contributed by atoms with van der Waals surface area (Å²) in [6, 6.07) is 9.72. The number of likely N-dealkylation sites (tertiary alicyclic amines) is 2. The molecule has 2 amide bonds. The van der Waals surface area contributed by atoms with Crippen LogP contribution in [0.15, 0.2) is 48.9 Å². The molecule has 0 bridgehead atoms. The number of pyridine rings is 2. The maximum absolute atomic E-state index is 12.7. The molecule has 2 aromatic rings. The third-order valence-electron chi connectivity index (χ3n) is 6.19.